The van der Waals surface area contributed by atoms with Crippen LogP contribution in [0.25, 0.3) is 0 Å². The fraction of sp³-hybridized carbons (Fsp3) is 0.312. The molecule has 11 heteroatoms. The molecule has 0 saturated carbocycles. The Kier molecular flexibility index (Phi) is 6.09. The maximum Gasteiger partial charge on any atom is 0.264 e. The zero-order valence-electron chi connectivity index (χ0n) is 14.3. The number of β-amino-alcohol motifs (C(OH)–C–C–N with tert-alkyl or cyclic N) is 1. The number of amidine groups is 2. The first kappa shape index (κ1) is 19.3. The number of nitrogens with one attached hydrogen (secondary N) is 1. The minimum absolute atomic E-state index is 0.00984. The summed E-state index contributed by atoms with van der Waals surface area (Å²) in [5.41, 5.74) is 0.446. The normalized spacial score (nSPS) is 18.1. The number of hydrazone groups is 1. The lowest BCUT2D eigenvalue weighted by Crippen LogP contribution is -2.35. The van der Waals surface area contributed by atoms with Gasteiger partial charge in [-0.3, -0.25) is 9.59 Å². The molecule has 0 aromatic heterocycles. The molecule has 1 aromatic carbocycles. The number of methoxy groups -OCH3 is 1. The van der Waals surface area contributed by atoms with E-state index in [1.54, 1.807) is 18.2 Å². The zero-order valence-corrected chi connectivity index (χ0v) is 15.8. The molecule has 1 aromatic rings. The number of anilines is 1. The molecule has 0 radical (unpaired) electrons. The maximum atomic E-state index is 12.2. The van der Waals surface area contributed by atoms with Gasteiger partial charge in [0.2, 0.25) is 5.91 Å². The van der Waals surface area contributed by atoms with Crippen LogP contribution in [0.5, 0.6) is 5.75 Å². The molecule has 0 bridgehead atoms. The van der Waals surface area contributed by atoms with Gasteiger partial charge in [-0.15, -0.1) is 0 Å². The summed E-state index contributed by atoms with van der Waals surface area (Å²) in [6, 6.07) is 4.89. The number of halogens is 1. The SMILES string of the molecule is COc1ccc(Cl)cc1NC(=O)CSC1=NC(=O)C2C=NN(CCO)C2=N1. The third-order valence-corrected chi connectivity index (χ3v) is 4.74. The minimum Gasteiger partial charge on any atom is -0.495 e. The van der Waals surface area contributed by atoms with E-state index in [0.29, 0.717) is 22.3 Å². The van der Waals surface area contributed by atoms with Crippen LogP contribution in [0, 0.1) is 5.92 Å². The number of aliphatic hydroxyl groups excluding tert-OH is 1. The van der Waals surface area contributed by atoms with Crippen LogP contribution in [0.15, 0.2) is 33.3 Å². The average Bonchev–Trinajstić information content (AvgIpc) is 3.04. The van der Waals surface area contributed by atoms with E-state index in [4.69, 9.17) is 21.4 Å². The largest absolute Gasteiger partial charge is 0.495 e. The van der Waals surface area contributed by atoms with E-state index in [9.17, 15) is 9.59 Å². The van der Waals surface area contributed by atoms with E-state index >= 15 is 0 Å². The minimum atomic E-state index is -0.634. The third kappa shape index (κ3) is 4.46. The molecule has 0 fully saturated rings. The molecule has 2 aliphatic rings. The number of ether oxygens (including phenoxy) is 1. The number of carbonyl (C=O) groups is 2. The smallest absolute Gasteiger partial charge is 0.264 e. The van der Waals surface area contributed by atoms with Crippen LogP contribution in [0.4, 0.5) is 5.69 Å². The van der Waals surface area contributed by atoms with Crippen LogP contribution in [-0.4, -0.2) is 65.2 Å². The number of benzene rings is 1. The molecule has 0 aliphatic carbocycles. The summed E-state index contributed by atoms with van der Waals surface area (Å²) in [6.07, 6.45) is 1.44. The average molecular weight is 410 g/mol. The van der Waals surface area contributed by atoms with Crippen molar-refractivity contribution < 1.29 is 19.4 Å². The van der Waals surface area contributed by atoms with Crippen molar-refractivity contribution in [1.29, 1.82) is 0 Å². The number of nitrogens with zero attached hydrogens (tertiary/aromatic N) is 4. The van der Waals surface area contributed by atoms with Gasteiger partial charge in [0, 0.05) is 11.2 Å². The molecule has 0 spiro atoms. The summed E-state index contributed by atoms with van der Waals surface area (Å²) in [5.74, 6) is -0.483. The number of rotatable bonds is 6. The fourth-order valence-corrected chi connectivity index (χ4v) is 3.26. The Bertz CT molecular complexity index is 857. The molecule has 1 atom stereocenters. The quantitative estimate of drug-likeness (QED) is 0.729. The topological polar surface area (TPSA) is 116 Å². The Morgan fingerprint density at radius 1 is 1.44 bits per heavy atom. The number of aliphatic hydroxyl groups is 1. The van der Waals surface area contributed by atoms with Crippen molar-refractivity contribution in [3.05, 3.63) is 23.2 Å². The van der Waals surface area contributed by atoms with Crippen LogP contribution >= 0.6 is 23.4 Å². The van der Waals surface area contributed by atoms with Crippen LogP contribution in [0.3, 0.4) is 0 Å². The molecule has 2 heterocycles. The first-order valence-corrected chi connectivity index (χ1v) is 9.28. The zero-order chi connectivity index (χ0) is 19.4. The summed E-state index contributed by atoms with van der Waals surface area (Å²) in [5, 5.41) is 17.9. The number of amides is 2. The Morgan fingerprint density at radius 2 is 2.26 bits per heavy atom. The lowest BCUT2D eigenvalue weighted by atomic mass is 10.1. The highest BCUT2D eigenvalue weighted by Crippen LogP contribution is 2.28. The second-order valence-electron chi connectivity index (χ2n) is 5.47. The van der Waals surface area contributed by atoms with Crippen LogP contribution in [-0.2, 0) is 9.59 Å². The highest BCUT2D eigenvalue weighted by atomic mass is 35.5. The third-order valence-electron chi connectivity index (χ3n) is 3.66. The summed E-state index contributed by atoms with van der Waals surface area (Å²) in [4.78, 5) is 32.5. The molecule has 27 heavy (non-hydrogen) atoms. The first-order chi connectivity index (χ1) is 13.0. The van der Waals surface area contributed by atoms with Crippen molar-refractivity contribution in [2.24, 2.45) is 21.0 Å². The Balaban J connectivity index is 1.63. The number of aliphatic imine (C=N–C) groups is 2. The van der Waals surface area contributed by atoms with Gasteiger partial charge < -0.3 is 15.2 Å². The summed E-state index contributed by atoms with van der Waals surface area (Å²) < 4.78 is 5.18. The van der Waals surface area contributed by atoms with Crippen molar-refractivity contribution in [3.8, 4) is 5.75 Å². The van der Waals surface area contributed by atoms with E-state index in [2.05, 4.69) is 20.4 Å². The molecular formula is C16H16ClN5O4S. The van der Waals surface area contributed by atoms with E-state index in [1.807, 2.05) is 0 Å². The summed E-state index contributed by atoms with van der Waals surface area (Å²) in [7, 11) is 1.49. The lowest BCUT2D eigenvalue weighted by Gasteiger charge is -2.19. The van der Waals surface area contributed by atoms with Gasteiger partial charge >= 0.3 is 0 Å². The highest BCUT2D eigenvalue weighted by Gasteiger charge is 2.35. The molecule has 0 saturated heterocycles. The van der Waals surface area contributed by atoms with Gasteiger partial charge in [-0.05, 0) is 18.2 Å². The van der Waals surface area contributed by atoms with Gasteiger partial charge in [0.1, 0.15) is 17.5 Å². The van der Waals surface area contributed by atoms with E-state index in [-0.39, 0.29) is 30.0 Å². The predicted molar refractivity (Wildman–Crippen MR) is 105 cm³/mol. The highest BCUT2D eigenvalue weighted by molar-refractivity contribution is 8.14. The number of fused-ring (bicyclic) bond motifs is 1. The fourth-order valence-electron chi connectivity index (χ4n) is 2.45. The van der Waals surface area contributed by atoms with Crippen molar-refractivity contribution in [1.82, 2.24) is 5.01 Å². The molecule has 2 amide bonds. The maximum absolute atomic E-state index is 12.2. The Labute approximate surface area is 164 Å². The number of thioether (sulfide) groups is 1. The van der Waals surface area contributed by atoms with Gasteiger partial charge in [-0.1, -0.05) is 23.4 Å². The lowest BCUT2D eigenvalue weighted by molar-refractivity contribution is -0.118. The number of hydrogen-bond acceptors (Lipinski definition) is 8. The van der Waals surface area contributed by atoms with Crippen molar-refractivity contribution in [2.45, 2.75) is 0 Å². The van der Waals surface area contributed by atoms with Gasteiger partial charge in [-0.25, -0.2) is 10.0 Å². The van der Waals surface area contributed by atoms with Gasteiger partial charge in [0.25, 0.3) is 5.91 Å². The Hall–Kier alpha value is -2.43. The molecule has 2 aliphatic heterocycles. The summed E-state index contributed by atoms with van der Waals surface area (Å²) in [6.45, 7) is 0.104. The van der Waals surface area contributed by atoms with Crippen LogP contribution in [0.1, 0.15) is 0 Å². The van der Waals surface area contributed by atoms with Gasteiger partial charge in [0.15, 0.2) is 5.17 Å². The Morgan fingerprint density at radius 3 is 3.00 bits per heavy atom. The number of hydrogen-bond donors (Lipinski definition) is 2. The van der Waals surface area contributed by atoms with Crippen molar-refractivity contribution >= 4 is 58.1 Å². The van der Waals surface area contributed by atoms with E-state index in [0.717, 1.165) is 11.8 Å². The van der Waals surface area contributed by atoms with Crippen molar-refractivity contribution in [2.75, 3.05) is 31.3 Å². The molecular weight excluding hydrogens is 394 g/mol. The molecule has 142 valence electrons. The second kappa shape index (κ2) is 8.51. The monoisotopic (exact) mass is 409 g/mol. The predicted octanol–water partition coefficient (Wildman–Crippen LogP) is 1.22. The number of carbonyl (C=O) groups excluding carboxylic acids is 2. The van der Waals surface area contributed by atoms with E-state index < -0.39 is 11.8 Å². The standard InChI is InChI=1S/C16H16ClN5O4S/c1-26-12-3-2-9(17)6-11(12)19-13(24)8-27-16-20-14-10(15(25)21-16)7-18-22(14)4-5-23/h2-3,6-7,10,23H,4-5,8H2,1H3,(H,19,24). The van der Waals surface area contributed by atoms with Crippen LogP contribution < -0.4 is 10.1 Å². The van der Waals surface area contributed by atoms with Crippen LogP contribution in [0.2, 0.25) is 5.02 Å². The van der Waals surface area contributed by atoms with Gasteiger partial charge in [-0.2, -0.15) is 10.1 Å². The van der Waals surface area contributed by atoms with Gasteiger partial charge in [0.05, 0.1) is 31.7 Å². The molecule has 2 N–H and O–H groups in total. The molecule has 1 unspecified atom stereocenters. The second-order valence-corrected chi connectivity index (χ2v) is 6.85. The molecule has 3 rings (SSSR count). The first-order valence-electron chi connectivity index (χ1n) is 7.91. The summed E-state index contributed by atoms with van der Waals surface area (Å²) >= 11 is 6.97. The molecule has 9 nitrogen and oxygen atoms in total. The van der Waals surface area contributed by atoms with Crippen molar-refractivity contribution in [3.63, 3.8) is 0 Å². The van der Waals surface area contributed by atoms with E-state index in [1.165, 1.54) is 18.3 Å².